The Labute approximate surface area is 175 Å². The molecule has 1 saturated heterocycles. The summed E-state index contributed by atoms with van der Waals surface area (Å²) in [6.07, 6.45) is 3.43. The molecule has 158 valence electrons. The number of carbonyl (C=O) groups excluding carboxylic acids is 1. The molecule has 1 fully saturated rings. The Balaban J connectivity index is 1.54. The number of hydrogen-bond acceptors (Lipinski definition) is 6. The number of nitrogen functional groups attached to an aromatic ring is 1. The van der Waals surface area contributed by atoms with Crippen LogP contribution < -0.4 is 15.2 Å². The number of aryl methyl sites for hydroxylation is 2. The van der Waals surface area contributed by atoms with Gasteiger partial charge < -0.3 is 20.1 Å². The lowest BCUT2D eigenvalue weighted by Gasteiger charge is -2.32. The van der Waals surface area contributed by atoms with E-state index in [0.717, 1.165) is 35.1 Å². The van der Waals surface area contributed by atoms with Crippen LogP contribution in [0.3, 0.4) is 0 Å². The van der Waals surface area contributed by atoms with Crippen molar-refractivity contribution in [1.29, 1.82) is 0 Å². The molecular weight excluding hydrogens is 382 g/mol. The van der Waals surface area contributed by atoms with Gasteiger partial charge in [0.1, 0.15) is 0 Å². The number of likely N-dealkylation sites (tertiary alicyclic amines) is 1. The summed E-state index contributed by atoms with van der Waals surface area (Å²) >= 11 is 0. The minimum Gasteiger partial charge on any atom is -0.493 e. The zero-order chi connectivity index (χ0) is 21.4. The number of pyridine rings is 1. The van der Waals surface area contributed by atoms with Crippen LogP contribution in [0.5, 0.6) is 11.5 Å². The summed E-state index contributed by atoms with van der Waals surface area (Å²) in [5, 5.41) is 5.19. The van der Waals surface area contributed by atoms with Crippen LogP contribution in [0.1, 0.15) is 40.5 Å². The van der Waals surface area contributed by atoms with Crippen LogP contribution in [0, 0.1) is 6.92 Å². The molecule has 0 aliphatic carbocycles. The van der Waals surface area contributed by atoms with Crippen LogP contribution in [0.25, 0.3) is 10.9 Å². The number of piperidine rings is 1. The van der Waals surface area contributed by atoms with Crippen molar-refractivity contribution in [2.75, 3.05) is 33.0 Å². The van der Waals surface area contributed by atoms with Crippen molar-refractivity contribution in [1.82, 2.24) is 19.7 Å². The fraction of sp³-hybridized carbons (Fsp3) is 0.409. The van der Waals surface area contributed by atoms with Crippen LogP contribution in [0.15, 0.2) is 24.4 Å². The van der Waals surface area contributed by atoms with Gasteiger partial charge in [0.15, 0.2) is 11.5 Å². The van der Waals surface area contributed by atoms with Crippen LogP contribution in [-0.2, 0) is 7.05 Å². The maximum Gasteiger partial charge on any atom is 0.257 e. The molecule has 8 nitrogen and oxygen atoms in total. The Kier molecular flexibility index (Phi) is 5.24. The molecule has 0 saturated carbocycles. The highest BCUT2D eigenvalue weighted by Crippen LogP contribution is 2.36. The summed E-state index contributed by atoms with van der Waals surface area (Å²) in [5.74, 6) is 1.54. The van der Waals surface area contributed by atoms with Crippen molar-refractivity contribution in [3.63, 3.8) is 0 Å². The minimum absolute atomic E-state index is 0.0373. The first-order chi connectivity index (χ1) is 14.4. The van der Waals surface area contributed by atoms with Crippen LogP contribution >= 0.6 is 0 Å². The third kappa shape index (κ3) is 3.53. The molecule has 1 aliphatic heterocycles. The molecule has 1 aliphatic rings. The summed E-state index contributed by atoms with van der Waals surface area (Å²) in [6.45, 7) is 3.20. The van der Waals surface area contributed by atoms with E-state index in [1.165, 1.54) is 0 Å². The molecule has 4 rings (SSSR count). The first-order valence-electron chi connectivity index (χ1n) is 10.0. The highest BCUT2D eigenvalue weighted by molar-refractivity contribution is 5.95. The third-order valence-corrected chi connectivity index (χ3v) is 5.79. The molecule has 3 heterocycles. The number of ether oxygens (including phenoxy) is 2. The molecule has 8 heteroatoms. The fourth-order valence-electron chi connectivity index (χ4n) is 4.20. The third-order valence-electron chi connectivity index (χ3n) is 5.79. The highest BCUT2D eigenvalue weighted by atomic mass is 16.5. The number of benzene rings is 1. The fourth-order valence-corrected chi connectivity index (χ4v) is 4.20. The molecule has 0 radical (unpaired) electrons. The highest BCUT2D eigenvalue weighted by Gasteiger charge is 2.28. The normalized spacial score (nSPS) is 14.9. The van der Waals surface area contributed by atoms with Crippen molar-refractivity contribution >= 4 is 22.5 Å². The lowest BCUT2D eigenvalue weighted by Crippen LogP contribution is -2.38. The average molecular weight is 409 g/mol. The zero-order valence-corrected chi connectivity index (χ0v) is 17.8. The Bertz CT molecular complexity index is 1100. The van der Waals surface area contributed by atoms with Crippen molar-refractivity contribution in [2.24, 2.45) is 7.05 Å². The number of carbonyl (C=O) groups is 1. The number of nitrogens with two attached hydrogens (primary N) is 1. The topological polar surface area (TPSA) is 95.5 Å². The first-order valence-corrected chi connectivity index (χ1v) is 10.0. The van der Waals surface area contributed by atoms with Crippen molar-refractivity contribution in [3.8, 4) is 11.5 Å². The van der Waals surface area contributed by atoms with E-state index in [4.69, 9.17) is 20.2 Å². The standard InChI is InChI=1S/C22H27N5O3/c1-13-16(12-26(2)25-13)22(28)27-7-5-14(6-8-27)21-17(23)9-15-10-19(29-3)20(30-4)11-18(15)24-21/h9-12,14H,5-8,23H2,1-4H3. The second-order valence-electron chi connectivity index (χ2n) is 7.73. The zero-order valence-electron chi connectivity index (χ0n) is 17.8. The molecule has 1 amide bonds. The quantitative estimate of drug-likeness (QED) is 0.712. The number of hydrogen-bond donors (Lipinski definition) is 1. The number of methoxy groups -OCH3 is 2. The number of nitrogens with zero attached hydrogens (tertiary/aromatic N) is 4. The van der Waals surface area contributed by atoms with Gasteiger partial charge in [0.05, 0.1) is 42.4 Å². The van der Waals surface area contributed by atoms with E-state index in [0.29, 0.717) is 35.8 Å². The monoisotopic (exact) mass is 409 g/mol. The molecule has 0 bridgehead atoms. The van der Waals surface area contributed by atoms with Crippen molar-refractivity contribution in [3.05, 3.63) is 41.3 Å². The number of aromatic nitrogens is 3. The van der Waals surface area contributed by atoms with E-state index >= 15 is 0 Å². The predicted molar refractivity (Wildman–Crippen MR) is 115 cm³/mol. The maximum atomic E-state index is 12.9. The number of rotatable bonds is 4. The summed E-state index contributed by atoms with van der Waals surface area (Å²) in [6, 6.07) is 5.70. The second kappa shape index (κ2) is 7.85. The Morgan fingerprint density at radius 2 is 1.80 bits per heavy atom. The second-order valence-corrected chi connectivity index (χ2v) is 7.73. The van der Waals surface area contributed by atoms with Crippen LogP contribution in [0.2, 0.25) is 0 Å². The SMILES string of the molecule is COc1cc2cc(N)c(C3CCN(C(=O)c4cn(C)nc4C)CC3)nc2cc1OC. The number of anilines is 1. The molecule has 2 N–H and O–H groups in total. The van der Waals surface area contributed by atoms with E-state index in [2.05, 4.69) is 5.10 Å². The van der Waals surface area contributed by atoms with E-state index in [9.17, 15) is 4.79 Å². The molecule has 0 atom stereocenters. The van der Waals surface area contributed by atoms with E-state index < -0.39 is 0 Å². The van der Waals surface area contributed by atoms with Gasteiger partial charge in [-0.15, -0.1) is 0 Å². The van der Waals surface area contributed by atoms with Crippen LogP contribution in [-0.4, -0.2) is 52.9 Å². The van der Waals surface area contributed by atoms with Gasteiger partial charge in [-0.3, -0.25) is 14.5 Å². The Morgan fingerprint density at radius 1 is 1.13 bits per heavy atom. The number of amides is 1. The maximum absolute atomic E-state index is 12.9. The van der Waals surface area contributed by atoms with E-state index in [1.807, 2.05) is 37.1 Å². The summed E-state index contributed by atoms with van der Waals surface area (Å²) in [5.41, 5.74) is 10.2. The van der Waals surface area contributed by atoms with Gasteiger partial charge in [0.2, 0.25) is 0 Å². The molecule has 0 spiro atoms. The Hall–Kier alpha value is -3.29. The van der Waals surface area contributed by atoms with Crippen molar-refractivity contribution < 1.29 is 14.3 Å². The van der Waals surface area contributed by atoms with Gasteiger partial charge in [-0.05, 0) is 31.9 Å². The molecule has 30 heavy (non-hydrogen) atoms. The van der Waals surface area contributed by atoms with Gasteiger partial charge in [0.25, 0.3) is 5.91 Å². The smallest absolute Gasteiger partial charge is 0.257 e. The average Bonchev–Trinajstić information content (AvgIpc) is 3.09. The summed E-state index contributed by atoms with van der Waals surface area (Å²) in [4.78, 5) is 19.6. The molecule has 2 aromatic heterocycles. The van der Waals surface area contributed by atoms with Gasteiger partial charge in [-0.1, -0.05) is 0 Å². The lowest BCUT2D eigenvalue weighted by molar-refractivity contribution is 0.0711. The molecule has 1 aromatic carbocycles. The van der Waals surface area contributed by atoms with Crippen LogP contribution in [0.4, 0.5) is 5.69 Å². The molecular formula is C22H27N5O3. The van der Waals surface area contributed by atoms with Gasteiger partial charge >= 0.3 is 0 Å². The largest absolute Gasteiger partial charge is 0.493 e. The minimum atomic E-state index is 0.0373. The molecule has 0 unspecified atom stereocenters. The summed E-state index contributed by atoms with van der Waals surface area (Å²) < 4.78 is 12.5. The summed E-state index contributed by atoms with van der Waals surface area (Å²) in [7, 11) is 5.05. The Morgan fingerprint density at radius 3 is 2.40 bits per heavy atom. The van der Waals surface area contributed by atoms with Gasteiger partial charge in [-0.25, -0.2) is 0 Å². The predicted octanol–water partition coefficient (Wildman–Crippen LogP) is 2.90. The first kappa shape index (κ1) is 20.0. The van der Waals surface area contributed by atoms with E-state index in [-0.39, 0.29) is 11.8 Å². The lowest BCUT2D eigenvalue weighted by atomic mass is 9.91. The number of fused-ring (bicyclic) bond motifs is 1. The van der Waals surface area contributed by atoms with Gasteiger partial charge in [0, 0.05) is 43.7 Å². The van der Waals surface area contributed by atoms with E-state index in [1.54, 1.807) is 25.1 Å². The van der Waals surface area contributed by atoms with Crippen molar-refractivity contribution in [2.45, 2.75) is 25.7 Å². The molecule has 3 aromatic rings. The van der Waals surface area contributed by atoms with Gasteiger partial charge in [-0.2, -0.15) is 5.10 Å².